The molecule has 114 valence electrons. The van der Waals surface area contributed by atoms with E-state index in [1.54, 1.807) is 18.2 Å². The van der Waals surface area contributed by atoms with Crippen molar-refractivity contribution in [2.75, 3.05) is 6.54 Å². The van der Waals surface area contributed by atoms with Crippen molar-refractivity contribution in [1.82, 2.24) is 5.32 Å². The van der Waals surface area contributed by atoms with Gasteiger partial charge in [-0.3, -0.25) is 0 Å². The summed E-state index contributed by atoms with van der Waals surface area (Å²) in [5.41, 5.74) is 1.36. The summed E-state index contributed by atoms with van der Waals surface area (Å²) in [7, 11) is 0. The maximum atomic E-state index is 11.0. The molecule has 0 amide bonds. The summed E-state index contributed by atoms with van der Waals surface area (Å²) in [6, 6.07) is 17.6. The van der Waals surface area contributed by atoms with Gasteiger partial charge in [0.05, 0.1) is 5.56 Å². The van der Waals surface area contributed by atoms with Crippen molar-refractivity contribution >= 4 is 17.7 Å². The number of nitrogens with one attached hydrogen (secondary N) is 1. The minimum absolute atomic E-state index is 0.311. The Labute approximate surface area is 134 Å². The number of benzene rings is 2. The number of carboxylic acid groups (broad SMARTS) is 1. The monoisotopic (exact) mass is 313 g/mol. The van der Waals surface area contributed by atoms with Gasteiger partial charge in [-0.1, -0.05) is 30.3 Å². The Bertz CT molecular complexity index is 653. The van der Waals surface area contributed by atoms with Crippen molar-refractivity contribution in [3.05, 3.63) is 65.7 Å². The van der Waals surface area contributed by atoms with E-state index in [-0.39, 0.29) is 0 Å². The number of aromatic carboxylic acids is 1. The van der Waals surface area contributed by atoms with E-state index in [1.807, 2.05) is 23.9 Å². The Hall–Kier alpha value is -1.78. The lowest BCUT2D eigenvalue weighted by Gasteiger charge is -2.16. The van der Waals surface area contributed by atoms with Crippen LogP contribution in [0.3, 0.4) is 0 Å². The lowest BCUT2D eigenvalue weighted by molar-refractivity contribution is 0.0696. The zero-order valence-corrected chi connectivity index (χ0v) is 13.1. The number of hydrogen-bond acceptors (Lipinski definition) is 3. The fraction of sp³-hybridized carbons (Fsp3) is 0.278. The van der Waals surface area contributed by atoms with Gasteiger partial charge >= 0.3 is 5.97 Å². The summed E-state index contributed by atoms with van der Waals surface area (Å²) in [5, 5.41) is 12.5. The summed E-state index contributed by atoms with van der Waals surface area (Å²) in [5.74, 6) is -0.875. The Balaban J connectivity index is 1.53. The predicted molar refractivity (Wildman–Crippen MR) is 89.4 cm³/mol. The zero-order chi connectivity index (χ0) is 15.4. The molecular weight excluding hydrogens is 294 g/mol. The third kappa shape index (κ3) is 3.90. The molecule has 0 heterocycles. The minimum Gasteiger partial charge on any atom is -0.478 e. The summed E-state index contributed by atoms with van der Waals surface area (Å²) < 4.78 is 0.311. The summed E-state index contributed by atoms with van der Waals surface area (Å²) >= 11 is 1.94. The Morgan fingerprint density at radius 1 is 1.14 bits per heavy atom. The first-order chi connectivity index (χ1) is 10.7. The van der Waals surface area contributed by atoms with Crippen LogP contribution in [0.1, 0.15) is 28.8 Å². The normalized spacial score (nSPS) is 15.5. The first-order valence-corrected chi connectivity index (χ1v) is 8.26. The average molecular weight is 313 g/mol. The molecule has 2 aromatic rings. The first kappa shape index (κ1) is 15.1. The second-order valence-corrected chi connectivity index (χ2v) is 7.25. The van der Waals surface area contributed by atoms with Crippen LogP contribution in [0.25, 0.3) is 0 Å². The molecule has 2 N–H and O–H groups in total. The van der Waals surface area contributed by atoms with Crippen LogP contribution in [0.5, 0.6) is 0 Å². The van der Waals surface area contributed by atoms with Gasteiger partial charge in [-0.05, 0) is 42.7 Å². The lowest BCUT2D eigenvalue weighted by Crippen LogP contribution is -2.25. The molecule has 3 rings (SSSR count). The van der Waals surface area contributed by atoms with Crippen molar-refractivity contribution in [2.45, 2.75) is 29.0 Å². The van der Waals surface area contributed by atoms with Gasteiger partial charge in [0.25, 0.3) is 0 Å². The number of hydrogen-bond donors (Lipinski definition) is 2. The smallest absolute Gasteiger partial charge is 0.335 e. The summed E-state index contributed by atoms with van der Waals surface area (Å²) in [6.07, 6.45) is 2.46. The van der Waals surface area contributed by atoms with Crippen molar-refractivity contribution in [1.29, 1.82) is 0 Å². The van der Waals surface area contributed by atoms with E-state index in [1.165, 1.54) is 17.7 Å². The predicted octanol–water partition coefficient (Wildman–Crippen LogP) is 3.80. The third-order valence-corrected chi connectivity index (χ3v) is 5.33. The number of rotatable bonds is 7. The molecule has 0 bridgehead atoms. The molecule has 1 saturated carbocycles. The van der Waals surface area contributed by atoms with Crippen molar-refractivity contribution in [3.8, 4) is 0 Å². The van der Waals surface area contributed by atoms with E-state index in [4.69, 9.17) is 5.11 Å². The average Bonchev–Trinajstić information content (AvgIpc) is 3.28. The molecule has 0 atom stereocenters. The molecule has 1 fully saturated rings. The largest absolute Gasteiger partial charge is 0.478 e. The van der Waals surface area contributed by atoms with Crippen LogP contribution in [0.15, 0.2) is 59.5 Å². The summed E-state index contributed by atoms with van der Waals surface area (Å²) in [6.45, 7) is 1.65. The second kappa shape index (κ2) is 6.55. The number of carboxylic acids is 1. The molecule has 4 heteroatoms. The van der Waals surface area contributed by atoms with E-state index in [9.17, 15) is 4.79 Å². The molecule has 1 aliphatic carbocycles. The Morgan fingerprint density at radius 2 is 1.91 bits per heavy atom. The topological polar surface area (TPSA) is 49.3 Å². The Kier molecular flexibility index (Phi) is 4.50. The molecule has 0 radical (unpaired) electrons. The van der Waals surface area contributed by atoms with Gasteiger partial charge in [0, 0.05) is 22.7 Å². The molecule has 0 aliphatic heterocycles. The van der Waals surface area contributed by atoms with Gasteiger partial charge in [-0.25, -0.2) is 4.79 Å². The highest BCUT2D eigenvalue weighted by Crippen LogP contribution is 2.51. The van der Waals surface area contributed by atoms with Gasteiger partial charge in [-0.15, -0.1) is 11.8 Å². The van der Waals surface area contributed by atoms with Gasteiger partial charge < -0.3 is 10.4 Å². The van der Waals surface area contributed by atoms with Gasteiger partial charge in [0.1, 0.15) is 0 Å². The second-order valence-electron chi connectivity index (χ2n) is 5.71. The molecule has 22 heavy (non-hydrogen) atoms. The maximum Gasteiger partial charge on any atom is 0.335 e. The van der Waals surface area contributed by atoms with Gasteiger partial charge in [-0.2, -0.15) is 0 Å². The number of carbonyl (C=O) groups is 1. The highest BCUT2D eigenvalue weighted by atomic mass is 32.2. The quantitative estimate of drug-likeness (QED) is 0.816. The van der Waals surface area contributed by atoms with Crippen molar-refractivity contribution in [3.63, 3.8) is 0 Å². The number of thioether (sulfide) groups is 1. The molecule has 0 unspecified atom stereocenters. The molecule has 3 nitrogen and oxygen atoms in total. The van der Waals surface area contributed by atoms with Crippen LogP contribution >= 0.6 is 11.8 Å². The van der Waals surface area contributed by atoms with E-state index < -0.39 is 5.97 Å². The highest BCUT2D eigenvalue weighted by molar-refractivity contribution is 8.01. The van der Waals surface area contributed by atoms with E-state index in [0.29, 0.717) is 16.9 Å². The molecule has 2 aromatic carbocycles. The van der Waals surface area contributed by atoms with Crippen molar-refractivity contribution in [2.24, 2.45) is 0 Å². The molecule has 0 spiro atoms. The standard InChI is InChI=1S/C18H19NO2S/c20-17(21)15-6-4-5-14(11-15)12-19-13-18(9-10-18)22-16-7-2-1-3-8-16/h1-8,11,19H,9-10,12-13H2,(H,20,21). The highest BCUT2D eigenvalue weighted by Gasteiger charge is 2.43. The molecule has 1 aliphatic rings. The zero-order valence-electron chi connectivity index (χ0n) is 12.3. The third-order valence-electron chi connectivity index (χ3n) is 3.84. The fourth-order valence-corrected chi connectivity index (χ4v) is 3.72. The summed E-state index contributed by atoms with van der Waals surface area (Å²) in [4.78, 5) is 12.3. The van der Waals surface area contributed by atoms with Crippen LogP contribution in [0.2, 0.25) is 0 Å². The molecule has 0 aromatic heterocycles. The molecular formula is C18H19NO2S. The van der Waals surface area contributed by atoms with Crippen LogP contribution in [0.4, 0.5) is 0 Å². The van der Waals surface area contributed by atoms with Gasteiger partial charge in [0.2, 0.25) is 0 Å². The van der Waals surface area contributed by atoms with E-state index in [0.717, 1.165) is 12.1 Å². The lowest BCUT2D eigenvalue weighted by atomic mass is 10.1. The van der Waals surface area contributed by atoms with Crippen LogP contribution in [-0.2, 0) is 6.54 Å². The maximum absolute atomic E-state index is 11.0. The van der Waals surface area contributed by atoms with Gasteiger partial charge in [0.15, 0.2) is 0 Å². The van der Waals surface area contributed by atoms with Crippen LogP contribution < -0.4 is 5.32 Å². The van der Waals surface area contributed by atoms with Crippen molar-refractivity contribution < 1.29 is 9.90 Å². The fourth-order valence-electron chi connectivity index (χ4n) is 2.44. The first-order valence-electron chi connectivity index (χ1n) is 7.44. The van der Waals surface area contributed by atoms with E-state index in [2.05, 4.69) is 29.6 Å². The Morgan fingerprint density at radius 3 is 2.59 bits per heavy atom. The molecule has 0 saturated heterocycles. The minimum atomic E-state index is -0.875. The van der Waals surface area contributed by atoms with Crippen LogP contribution in [-0.4, -0.2) is 22.4 Å². The van der Waals surface area contributed by atoms with Crippen LogP contribution in [0, 0.1) is 0 Å². The SMILES string of the molecule is O=C(O)c1cccc(CNCC2(Sc3ccccc3)CC2)c1. The van der Waals surface area contributed by atoms with E-state index >= 15 is 0 Å².